The number of hydrogen-bond donors (Lipinski definition) is 1. The SMILES string of the molecule is C[C@@H](C(=O)Nc1ccc(S(=O)(=O)N2CCOCC2)cc1)N(c1ccc(Cl)cc1)S(C)(=O)=O. The summed E-state index contributed by atoms with van der Waals surface area (Å²) in [4.78, 5) is 12.9. The minimum atomic E-state index is -3.77. The van der Waals surface area contributed by atoms with Crippen molar-refractivity contribution in [3.63, 3.8) is 0 Å². The summed E-state index contributed by atoms with van der Waals surface area (Å²) in [7, 11) is -7.43. The fourth-order valence-electron chi connectivity index (χ4n) is 3.29. The fraction of sp³-hybridized carbons (Fsp3) is 0.350. The number of nitrogens with zero attached hydrogens (tertiary/aromatic N) is 2. The number of ether oxygens (including phenoxy) is 1. The Labute approximate surface area is 193 Å². The van der Waals surface area contributed by atoms with E-state index in [1.807, 2.05) is 0 Å². The van der Waals surface area contributed by atoms with Crippen LogP contribution in [-0.4, -0.2) is 65.6 Å². The minimum absolute atomic E-state index is 0.101. The van der Waals surface area contributed by atoms with Crippen LogP contribution in [0.4, 0.5) is 11.4 Å². The lowest BCUT2D eigenvalue weighted by molar-refractivity contribution is -0.116. The maximum absolute atomic E-state index is 12.8. The molecule has 12 heteroatoms. The number of morpholine rings is 1. The van der Waals surface area contributed by atoms with Gasteiger partial charge in [-0.2, -0.15) is 4.31 Å². The highest BCUT2D eigenvalue weighted by molar-refractivity contribution is 7.92. The summed E-state index contributed by atoms with van der Waals surface area (Å²) >= 11 is 5.88. The first-order valence-electron chi connectivity index (χ1n) is 9.74. The molecule has 3 rings (SSSR count). The Kier molecular flexibility index (Phi) is 7.46. The highest BCUT2D eigenvalue weighted by atomic mass is 35.5. The van der Waals surface area contributed by atoms with Gasteiger partial charge in [0, 0.05) is 23.8 Å². The molecule has 1 aliphatic rings. The van der Waals surface area contributed by atoms with Crippen molar-refractivity contribution in [3.05, 3.63) is 53.6 Å². The standard InChI is InChI=1S/C20H24ClN3O6S2/c1-15(24(31(2,26)27)18-7-3-16(21)4-8-18)20(25)22-17-5-9-19(10-6-17)32(28,29)23-11-13-30-14-12-23/h3-10,15H,11-14H2,1-2H3,(H,22,25)/t15-/m0/s1. The van der Waals surface area contributed by atoms with E-state index in [2.05, 4.69) is 5.32 Å². The van der Waals surface area contributed by atoms with Gasteiger partial charge in [-0.3, -0.25) is 9.10 Å². The number of halogens is 1. The molecule has 1 amide bonds. The van der Waals surface area contributed by atoms with Crippen LogP contribution < -0.4 is 9.62 Å². The van der Waals surface area contributed by atoms with E-state index in [1.165, 1.54) is 59.8 Å². The van der Waals surface area contributed by atoms with E-state index >= 15 is 0 Å². The molecule has 2 aromatic rings. The lowest BCUT2D eigenvalue weighted by Gasteiger charge is -2.28. The molecule has 1 heterocycles. The molecule has 32 heavy (non-hydrogen) atoms. The summed E-state index contributed by atoms with van der Waals surface area (Å²) in [5.74, 6) is -0.575. The summed E-state index contributed by atoms with van der Waals surface area (Å²) in [5.41, 5.74) is 0.638. The van der Waals surface area contributed by atoms with Gasteiger partial charge in [-0.25, -0.2) is 16.8 Å². The highest BCUT2D eigenvalue weighted by Gasteiger charge is 2.30. The maximum atomic E-state index is 12.8. The molecular formula is C20H24ClN3O6S2. The van der Waals surface area contributed by atoms with Gasteiger partial charge in [0.25, 0.3) is 0 Å². The van der Waals surface area contributed by atoms with Crippen molar-refractivity contribution < 1.29 is 26.4 Å². The molecule has 0 aliphatic carbocycles. The van der Waals surface area contributed by atoms with Crippen LogP contribution in [0.2, 0.25) is 5.02 Å². The molecule has 1 aliphatic heterocycles. The summed E-state index contributed by atoms with van der Waals surface area (Å²) in [6.45, 7) is 2.71. The van der Waals surface area contributed by atoms with Crippen molar-refractivity contribution >= 4 is 48.9 Å². The fourth-order valence-corrected chi connectivity index (χ4v) is 6.00. The first-order chi connectivity index (χ1) is 15.0. The van der Waals surface area contributed by atoms with Crippen LogP contribution in [0.15, 0.2) is 53.4 Å². The van der Waals surface area contributed by atoms with Crippen molar-refractivity contribution in [2.45, 2.75) is 17.9 Å². The Morgan fingerprint density at radius 1 is 1.03 bits per heavy atom. The van der Waals surface area contributed by atoms with Gasteiger partial charge >= 0.3 is 0 Å². The molecule has 1 atom stereocenters. The smallest absolute Gasteiger partial charge is 0.247 e. The molecule has 0 radical (unpaired) electrons. The third kappa shape index (κ3) is 5.59. The van der Waals surface area contributed by atoms with Crippen LogP contribution in [0.5, 0.6) is 0 Å². The second-order valence-electron chi connectivity index (χ2n) is 7.24. The second kappa shape index (κ2) is 9.75. The van der Waals surface area contributed by atoms with Crippen molar-refractivity contribution in [3.8, 4) is 0 Å². The second-order valence-corrected chi connectivity index (χ2v) is 11.5. The summed E-state index contributed by atoms with van der Waals surface area (Å²) in [6, 6.07) is 10.8. The minimum Gasteiger partial charge on any atom is -0.379 e. The molecule has 1 N–H and O–H groups in total. The van der Waals surface area contributed by atoms with Gasteiger partial charge in [-0.15, -0.1) is 0 Å². The maximum Gasteiger partial charge on any atom is 0.247 e. The molecule has 0 bridgehead atoms. The normalized spacial score (nSPS) is 16.3. The van der Waals surface area contributed by atoms with E-state index in [1.54, 1.807) is 0 Å². The number of anilines is 2. The predicted octanol–water partition coefficient (Wildman–Crippen LogP) is 2.15. The van der Waals surface area contributed by atoms with E-state index in [9.17, 15) is 21.6 Å². The van der Waals surface area contributed by atoms with Crippen LogP contribution in [0.25, 0.3) is 0 Å². The molecule has 0 spiro atoms. The summed E-state index contributed by atoms with van der Waals surface area (Å²) < 4.78 is 57.7. The Hall–Kier alpha value is -2.18. The largest absolute Gasteiger partial charge is 0.379 e. The van der Waals surface area contributed by atoms with Gasteiger partial charge in [0.2, 0.25) is 26.0 Å². The topological polar surface area (TPSA) is 113 Å². The Balaban J connectivity index is 1.76. The van der Waals surface area contributed by atoms with Crippen LogP contribution in [0, 0.1) is 0 Å². The molecule has 1 fully saturated rings. The highest BCUT2D eigenvalue weighted by Crippen LogP contribution is 2.24. The molecular weight excluding hydrogens is 478 g/mol. The average molecular weight is 502 g/mol. The van der Waals surface area contributed by atoms with Gasteiger partial charge in [0.15, 0.2) is 0 Å². The van der Waals surface area contributed by atoms with Crippen molar-refractivity contribution in [2.24, 2.45) is 0 Å². The summed E-state index contributed by atoms with van der Waals surface area (Å²) in [5, 5.41) is 3.07. The van der Waals surface area contributed by atoms with Crippen LogP contribution in [0.1, 0.15) is 6.92 Å². The average Bonchev–Trinajstić information content (AvgIpc) is 2.75. The number of rotatable bonds is 7. The monoisotopic (exact) mass is 501 g/mol. The molecule has 9 nitrogen and oxygen atoms in total. The van der Waals surface area contributed by atoms with Gasteiger partial charge < -0.3 is 10.1 Å². The number of carbonyl (C=O) groups excluding carboxylic acids is 1. The van der Waals surface area contributed by atoms with E-state index in [0.717, 1.165) is 10.6 Å². The number of sulfonamides is 2. The van der Waals surface area contributed by atoms with E-state index in [4.69, 9.17) is 16.3 Å². The van der Waals surface area contributed by atoms with Crippen molar-refractivity contribution in [2.75, 3.05) is 42.2 Å². The molecule has 1 saturated heterocycles. The van der Waals surface area contributed by atoms with E-state index in [0.29, 0.717) is 29.6 Å². The number of amides is 1. The van der Waals surface area contributed by atoms with E-state index < -0.39 is 32.0 Å². The Bertz CT molecular complexity index is 1160. The van der Waals surface area contributed by atoms with E-state index in [-0.39, 0.29) is 18.0 Å². The Morgan fingerprint density at radius 3 is 2.12 bits per heavy atom. The molecule has 174 valence electrons. The van der Waals surface area contributed by atoms with Crippen LogP contribution in [0.3, 0.4) is 0 Å². The van der Waals surface area contributed by atoms with Gasteiger partial charge in [0.05, 0.1) is 30.1 Å². The van der Waals surface area contributed by atoms with Gasteiger partial charge in [-0.1, -0.05) is 11.6 Å². The zero-order chi connectivity index (χ0) is 23.5. The molecule has 0 aromatic heterocycles. The zero-order valence-electron chi connectivity index (χ0n) is 17.6. The number of nitrogens with one attached hydrogen (secondary N) is 1. The Morgan fingerprint density at radius 2 is 1.59 bits per heavy atom. The van der Waals surface area contributed by atoms with Crippen LogP contribution >= 0.6 is 11.6 Å². The van der Waals surface area contributed by atoms with Gasteiger partial charge in [-0.05, 0) is 55.5 Å². The van der Waals surface area contributed by atoms with Gasteiger partial charge in [0.1, 0.15) is 6.04 Å². The third-order valence-electron chi connectivity index (χ3n) is 4.90. The molecule has 2 aromatic carbocycles. The quantitative estimate of drug-likeness (QED) is 0.622. The molecule has 0 unspecified atom stereocenters. The first-order valence-corrected chi connectivity index (χ1v) is 13.4. The predicted molar refractivity (Wildman–Crippen MR) is 123 cm³/mol. The number of hydrogen-bond acceptors (Lipinski definition) is 6. The molecule has 0 saturated carbocycles. The lowest BCUT2D eigenvalue weighted by Crippen LogP contribution is -2.45. The van der Waals surface area contributed by atoms with Crippen LogP contribution in [-0.2, 0) is 29.6 Å². The number of benzene rings is 2. The first kappa shape index (κ1) is 24.5. The van der Waals surface area contributed by atoms with Crippen molar-refractivity contribution in [1.29, 1.82) is 0 Å². The number of carbonyl (C=O) groups is 1. The zero-order valence-corrected chi connectivity index (χ0v) is 20.0. The lowest BCUT2D eigenvalue weighted by atomic mass is 10.2. The van der Waals surface area contributed by atoms with Crippen molar-refractivity contribution in [1.82, 2.24) is 4.31 Å². The third-order valence-corrected chi connectivity index (χ3v) is 8.31. The summed E-state index contributed by atoms with van der Waals surface area (Å²) in [6.07, 6.45) is 1.01.